The predicted molar refractivity (Wildman–Crippen MR) is 112 cm³/mol. The molecule has 0 saturated heterocycles. The van der Waals surface area contributed by atoms with Crippen LogP contribution in [0.25, 0.3) is 17.0 Å². The summed E-state index contributed by atoms with van der Waals surface area (Å²) in [5.74, 6) is 0.677. The monoisotopic (exact) mass is 393 g/mol. The first-order valence-corrected chi connectivity index (χ1v) is 10.1. The van der Waals surface area contributed by atoms with Gasteiger partial charge in [-0.3, -0.25) is 9.20 Å². The molecule has 2 atom stereocenters. The van der Waals surface area contributed by atoms with E-state index in [2.05, 4.69) is 20.5 Å². The van der Waals surface area contributed by atoms with Gasteiger partial charge < -0.3 is 10.1 Å². The third kappa shape index (κ3) is 3.87. The molecule has 1 N–H and O–H groups in total. The predicted octanol–water partition coefficient (Wildman–Crippen LogP) is 3.86. The van der Waals surface area contributed by atoms with Crippen LogP contribution in [0.3, 0.4) is 0 Å². The minimum Gasteiger partial charge on any atom is -0.381 e. The summed E-state index contributed by atoms with van der Waals surface area (Å²) in [7, 11) is 1.72. The third-order valence-corrected chi connectivity index (χ3v) is 5.97. The van der Waals surface area contributed by atoms with Gasteiger partial charge in [-0.1, -0.05) is 12.5 Å². The Labute approximate surface area is 170 Å². The fraction of sp³-hybridized carbons (Fsp3) is 0.455. The van der Waals surface area contributed by atoms with Crippen LogP contribution >= 0.6 is 0 Å². The SMILES string of the molecule is COC1CCCC(C(=O)Nc2ccc(-c3cn4c(C)c(C)nnc4n3)cc2C)C1. The van der Waals surface area contributed by atoms with E-state index in [1.165, 1.54) is 0 Å². The van der Waals surface area contributed by atoms with Crippen molar-refractivity contribution in [3.63, 3.8) is 0 Å². The molecule has 7 nitrogen and oxygen atoms in total. The Kier molecular flexibility index (Phi) is 5.32. The number of aryl methyl sites for hydroxylation is 3. The van der Waals surface area contributed by atoms with E-state index in [1.807, 2.05) is 49.6 Å². The zero-order valence-corrected chi connectivity index (χ0v) is 17.4. The van der Waals surface area contributed by atoms with E-state index in [0.717, 1.165) is 59.6 Å². The van der Waals surface area contributed by atoms with Gasteiger partial charge in [-0.15, -0.1) is 5.10 Å². The van der Waals surface area contributed by atoms with Crippen LogP contribution in [0.4, 0.5) is 5.69 Å². The number of anilines is 1. The van der Waals surface area contributed by atoms with Gasteiger partial charge in [-0.2, -0.15) is 5.10 Å². The fourth-order valence-electron chi connectivity index (χ4n) is 3.99. The number of amides is 1. The van der Waals surface area contributed by atoms with E-state index in [9.17, 15) is 4.79 Å². The topological polar surface area (TPSA) is 81.4 Å². The van der Waals surface area contributed by atoms with E-state index in [1.54, 1.807) is 7.11 Å². The first-order chi connectivity index (χ1) is 14.0. The van der Waals surface area contributed by atoms with E-state index >= 15 is 0 Å². The number of carbonyl (C=O) groups excluding carboxylic acids is 1. The van der Waals surface area contributed by atoms with Crippen LogP contribution in [0, 0.1) is 26.7 Å². The quantitative estimate of drug-likeness (QED) is 0.728. The van der Waals surface area contributed by atoms with Gasteiger partial charge in [0.05, 0.1) is 17.5 Å². The Balaban J connectivity index is 1.54. The number of methoxy groups -OCH3 is 1. The maximum atomic E-state index is 12.7. The van der Waals surface area contributed by atoms with Gasteiger partial charge in [0.25, 0.3) is 5.78 Å². The Morgan fingerprint density at radius 3 is 2.79 bits per heavy atom. The van der Waals surface area contributed by atoms with Crippen LogP contribution in [0.2, 0.25) is 0 Å². The smallest absolute Gasteiger partial charge is 0.254 e. The molecule has 0 aliphatic heterocycles. The summed E-state index contributed by atoms with van der Waals surface area (Å²) in [6, 6.07) is 5.98. The zero-order chi connectivity index (χ0) is 20.5. The largest absolute Gasteiger partial charge is 0.381 e. The second-order valence-corrected chi connectivity index (χ2v) is 7.91. The molecule has 0 radical (unpaired) electrons. The van der Waals surface area contributed by atoms with Gasteiger partial charge in [0, 0.05) is 36.2 Å². The summed E-state index contributed by atoms with van der Waals surface area (Å²) >= 11 is 0. The molecule has 29 heavy (non-hydrogen) atoms. The van der Waals surface area contributed by atoms with E-state index in [4.69, 9.17) is 4.74 Å². The summed E-state index contributed by atoms with van der Waals surface area (Å²) in [5, 5.41) is 11.4. The molecule has 4 rings (SSSR count). The van der Waals surface area contributed by atoms with Crippen molar-refractivity contribution in [1.29, 1.82) is 0 Å². The minimum absolute atomic E-state index is 0.0102. The summed E-state index contributed by atoms with van der Waals surface area (Å²) in [6.07, 6.45) is 5.95. The average Bonchev–Trinajstić information content (AvgIpc) is 3.17. The van der Waals surface area contributed by atoms with Crippen molar-refractivity contribution in [3.8, 4) is 11.3 Å². The number of benzene rings is 1. The Bertz CT molecular complexity index is 1060. The second kappa shape index (κ2) is 7.91. The molecular weight excluding hydrogens is 366 g/mol. The normalized spacial score (nSPS) is 19.4. The van der Waals surface area contributed by atoms with Crippen LogP contribution in [0.15, 0.2) is 24.4 Å². The summed E-state index contributed by atoms with van der Waals surface area (Å²) in [5.41, 5.74) is 5.58. The number of imidazole rings is 1. The molecule has 1 amide bonds. The number of rotatable bonds is 4. The van der Waals surface area contributed by atoms with E-state index in [-0.39, 0.29) is 17.9 Å². The molecule has 0 spiro atoms. The molecule has 3 aromatic rings. The lowest BCUT2D eigenvalue weighted by molar-refractivity contribution is -0.122. The minimum atomic E-state index is 0.0102. The van der Waals surface area contributed by atoms with Crippen molar-refractivity contribution < 1.29 is 9.53 Å². The van der Waals surface area contributed by atoms with Crippen molar-refractivity contribution in [2.45, 2.75) is 52.6 Å². The van der Waals surface area contributed by atoms with E-state index in [0.29, 0.717) is 5.78 Å². The molecule has 2 aromatic heterocycles. The number of nitrogens with zero attached hydrogens (tertiary/aromatic N) is 4. The summed E-state index contributed by atoms with van der Waals surface area (Å²) in [6.45, 7) is 5.94. The van der Waals surface area contributed by atoms with Crippen LogP contribution in [0.1, 0.15) is 42.6 Å². The number of nitrogens with one attached hydrogen (secondary N) is 1. The van der Waals surface area contributed by atoms with Crippen molar-refractivity contribution in [2.75, 3.05) is 12.4 Å². The van der Waals surface area contributed by atoms with Crippen LogP contribution < -0.4 is 5.32 Å². The number of ether oxygens (including phenoxy) is 1. The fourth-order valence-corrected chi connectivity index (χ4v) is 3.99. The standard InChI is InChI=1S/C22H27N5O2/c1-13-10-16(20-12-27-15(3)14(2)25-26-22(27)24-20)8-9-19(13)23-21(28)17-6-5-7-18(11-17)29-4/h8-10,12,17-18H,5-7,11H2,1-4H3,(H,23,28). The number of aromatic nitrogens is 4. The van der Waals surface area contributed by atoms with Crippen LogP contribution in [0.5, 0.6) is 0 Å². The lowest BCUT2D eigenvalue weighted by Crippen LogP contribution is -2.31. The van der Waals surface area contributed by atoms with Crippen molar-refractivity contribution in [1.82, 2.24) is 19.6 Å². The first kappa shape index (κ1) is 19.5. The average molecular weight is 393 g/mol. The maximum Gasteiger partial charge on any atom is 0.254 e. The van der Waals surface area contributed by atoms with Crippen LogP contribution in [-0.2, 0) is 9.53 Å². The highest BCUT2D eigenvalue weighted by Crippen LogP contribution is 2.29. The summed E-state index contributed by atoms with van der Waals surface area (Å²) < 4.78 is 7.41. The number of fused-ring (bicyclic) bond motifs is 1. The molecule has 1 aliphatic rings. The third-order valence-electron chi connectivity index (χ3n) is 5.97. The Morgan fingerprint density at radius 2 is 2.03 bits per heavy atom. The van der Waals surface area contributed by atoms with Gasteiger partial charge in [-0.25, -0.2) is 4.98 Å². The molecule has 7 heteroatoms. The second-order valence-electron chi connectivity index (χ2n) is 7.91. The van der Waals surface area contributed by atoms with E-state index < -0.39 is 0 Å². The summed E-state index contributed by atoms with van der Waals surface area (Å²) in [4.78, 5) is 17.3. The number of hydrogen-bond acceptors (Lipinski definition) is 5. The molecule has 0 bridgehead atoms. The highest BCUT2D eigenvalue weighted by atomic mass is 16.5. The highest BCUT2D eigenvalue weighted by molar-refractivity contribution is 5.93. The Morgan fingerprint density at radius 1 is 1.21 bits per heavy atom. The van der Waals surface area contributed by atoms with Crippen molar-refractivity contribution in [2.24, 2.45) is 5.92 Å². The molecule has 1 aliphatic carbocycles. The molecule has 2 unspecified atom stereocenters. The van der Waals surface area contributed by atoms with Crippen LogP contribution in [-0.4, -0.2) is 38.7 Å². The van der Waals surface area contributed by atoms with Crippen molar-refractivity contribution >= 4 is 17.4 Å². The highest BCUT2D eigenvalue weighted by Gasteiger charge is 2.27. The maximum absolute atomic E-state index is 12.7. The van der Waals surface area contributed by atoms with Gasteiger partial charge >= 0.3 is 0 Å². The Hall–Kier alpha value is -2.80. The lowest BCUT2D eigenvalue weighted by atomic mass is 9.86. The molecule has 1 fully saturated rings. The zero-order valence-electron chi connectivity index (χ0n) is 17.4. The van der Waals surface area contributed by atoms with Crippen molar-refractivity contribution in [3.05, 3.63) is 41.3 Å². The van der Waals surface area contributed by atoms with Gasteiger partial charge in [-0.05, 0) is 57.7 Å². The first-order valence-electron chi connectivity index (χ1n) is 10.1. The molecule has 1 aromatic carbocycles. The lowest BCUT2D eigenvalue weighted by Gasteiger charge is -2.27. The molecule has 2 heterocycles. The molecular formula is C22H27N5O2. The van der Waals surface area contributed by atoms with Gasteiger partial charge in [0.1, 0.15) is 0 Å². The number of hydrogen-bond donors (Lipinski definition) is 1. The molecule has 1 saturated carbocycles. The number of carbonyl (C=O) groups is 1. The van der Waals surface area contributed by atoms with Gasteiger partial charge in [0.2, 0.25) is 5.91 Å². The molecule has 152 valence electrons. The van der Waals surface area contributed by atoms with Gasteiger partial charge in [0.15, 0.2) is 0 Å².